The minimum absolute atomic E-state index is 0.0820. The molecule has 2 fully saturated rings. The smallest absolute Gasteiger partial charge is 0.303 e. The van der Waals surface area contributed by atoms with Gasteiger partial charge in [-0.2, -0.15) is 0 Å². The van der Waals surface area contributed by atoms with Crippen LogP contribution in [0.4, 0.5) is 0 Å². The first-order chi connectivity index (χ1) is 34.0. The van der Waals surface area contributed by atoms with Crippen LogP contribution in [0.15, 0.2) is 182 Å². The Labute approximate surface area is 405 Å². The topological polar surface area (TPSA) is 119 Å². The maximum atomic E-state index is 13.3. The Bertz CT molecular complexity index is 2350. The molecular formula is C57H62O12. The molecule has 0 aliphatic carbocycles. The van der Waals surface area contributed by atoms with E-state index in [0.29, 0.717) is 13.2 Å². The molecule has 2 heterocycles. The molecule has 0 amide bonds. The maximum absolute atomic E-state index is 13.3. The summed E-state index contributed by atoms with van der Waals surface area (Å²) in [6.45, 7) is 3.09. The third-order valence-corrected chi connectivity index (χ3v) is 11.9. The highest BCUT2D eigenvalue weighted by Gasteiger charge is 2.55. The quantitative estimate of drug-likeness (QED) is 0.0539. The molecule has 2 aliphatic rings. The summed E-state index contributed by atoms with van der Waals surface area (Å²) >= 11 is 0. The van der Waals surface area contributed by atoms with E-state index in [4.69, 9.17) is 52.1 Å². The highest BCUT2D eigenvalue weighted by Crippen LogP contribution is 2.36. The number of benzene rings is 6. The van der Waals surface area contributed by atoms with Gasteiger partial charge in [0.05, 0.1) is 52.9 Å². The molecule has 2 aliphatic heterocycles. The fourth-order valence-corrected chi connectivity index (χ4v) is 8.52. The van der Waals surface area contributed by atoms with Gasteiger partial charge in [0, 0.05) is 14.0 Å². The lowest BCUT2D eigenvalue weighted by Crippen LogP contribution is -2.66. The van der Waals surface area contributed by atoms with Crippen LogP contribution in [-0.4, -0.2) is 87.7 Å². The van der Waals surface area contributed by atoms with Crippen molar-refractivity contribution in [1.82, 2.24) is 0 Å². The lowest BCUT2D eigenvalue weighted by Gasteiger charge is -2.49. The summed E-state index contributed by atoms with van der Waals surface area (Å²) in [5, 5.41) is 0. The van der Waals surface area contributed by atoms with Crippen molar-refractivity contribution in [3.05, 3.63) is 215 Å². The fraction of sp³-hybridized carbons (Fsp3) is 0.351. The number of ether oxygens (including phenoxy) is 11. The monoisotopic (exact) mass is 938 g/mol. The number of esters is 1. The van der Waals surface area contributed by atoms with E-state index in [1.807, 2.05) is 182 Å². The van der Waals surface area contributed by atoms with E-state index in [2.05, 4.69) is 0 Å². The first-order valence-corrected chi connectivity index (χ1v) is 23.5. The summed E-state index contributed by atoms with van der Waals surface area (Å²) in [5.74, 6) is -0.564. The molecule has 0 bridgehead atoms. The second kappa shape index (κ2) is 26.4. The molecule has 6 aromatic rings. The van der Waals surface area contributed by atoms with Crippen LogP contribution in [0.2, 0.25) is 0 Å². The van der Waals surface area contributed by atoms with Crippen LogP contribution >= 0.6 is 0 Å². The molecule has 0 radical (unpaired) electrons. The van der Waals surface area contributed by atoms with Gasteiger partial charge in [0.2, 0.25) is 0 Å². The molecule has 12 heteroatoms. The Kier molecular flexibility index (Phi) is 19.0. The summed E-state index contributed by atoms with van der Waals surface area (Å²) in [7, 11) is 1.55. The van der Waals surface area contributed by atoms with Crippen LogP contribution < -0.4 is 0 Å². The normalized spacial score (nSPS) is 24.7. The molecule has 69 heavy (non-hydrogen) atoms. The van der Waals surface area contributed by atoms with Gasteiger partial charge in [-0.15, -0.1) is 0 Å². The standard InChI is InChI=1S/C57H62O12/c1-41(58)66-55-53(65-38-47-31-19-8-20-32-47)51(63-36-45-27-15-6-16-28-45)49(40-61-34-43-23-11-4-12-24-43)68-57(55)69-54-52(64-37-46-29-17-7-18-30-46)50(62-35-44-25-13-5-14-26-44)48(67-56(54)59-2)39-60-33-42-21-9-3-10-22-42/h3-32,48-57H,33-40H2,1-2H3. The Morgan fingerprint density at radius 2 is 0.696 bits per heavy atom. The Morgan fingerprint density at radius 1 is 0.391 bits per heavy atom. The van der Waals surface area contributed by atoms with Crippen molar-refractivity contribution in [3.8, 4) is 0 Å². The second-order valence-electron chi connectivity index (χ2n) is 17.0. The van der Waals surface area contributed by atoms with Gasteiger partial charge in [0.25, 0.3) is 0 Å². The minimum atomic E-state index is -1.27. The van der Waals surface area contributed by atoms with E-state index in [9.17, 15) is 4.79 Å². The Balaban J connectivity index is 1.15. The molecule has 6 aromatic carbocycles. The highest BCUT2D eigenvalue weighted by atomic mass is 16.8. The fourth-order valence-electron chi connectivity index (χ4n) is 8.52. The van der Waals surface area contributed by atoms with Gasteiger partial charge in [0.1, 0.15) is 42.7 Å². The third kappa shape index (κ3) is 14.7. The molecular weight excluding hydrogens is 877 g/mol. The van der Waals surface area contributed by atoms with Crippen LogP contribution in [0.1, 0.15) is 40.3 Å². The molecule has 0 N–H and O–H groups in total. The zero-order chi connectivity index (χ0) is 47.5. The summed E-state index contributed by atoms with van der Waals surface area (Å²) in [5.41, 5.74) is 5.75. The largest absolute Gasteiger partial charge is 0.454 e. The lowest BCUT2D eigenvalue weighted by atomic mass is 9.96. The number of hydrogen-bond donors (Lipinski definition) is 0. The Hall–Kier alpha value is -5.61. The van der Waals surface area contributed by atoms with Gasteiger partial charge in [0.15, 0.2) is 18.7 Å². The predicted octanol–water partition coefficient (Wildman–Crippen LogP) is 9.17. The van der Waals surface area contributed by atoms with Crippen molar-refractivity contribution in [1.29, 1.82) is 0 Å². The van der Waals surface area contributed by atoms with E-state index < -0.39 is 67.4 Å². The average molecular weight is 939 g/mol. The molecule has 0 saturated carbocycles. The van der Waals surface area contributed by atoms with Crippen molar-refractivity contribution >= 4 is 5.97 Å². The molecule has 12 nitrogen and oxygen atoms in total. The SMILES string of the molecule is COC1OC(COCc2ccccc2)C(OCc2ccccc2)C(OCc2ccccc2)C1OC1OC(COCc2ccccc2)C(OCc2ccccc2)C(OCc2ccccc2)C1OC(C)=O. The number of rotatable bonds is 24. The summed E-state index contributed by atoms with van der Waals surface area (Å²) in [6.07, 6.45) is -9.24. The Morgan fingerprint density at radius 3 is 1.03 bits per heavy atom. The predicted molar refractivity (Wildman–Crippen MR) is 257 cm³/mol. The molecule has 10 unspecified atom stereocenters. The van der Waals surface area contributed by atoms with Gasteiger partial charge in [-0.05, 0) is 33.4 Å². The third-order valence-electron chi connectivity index (χ3n) is 11.9. The number of hydrogen-bond acceptors (Lipinski definition) is 12. The molecule has 10 atom stereocenters. The van der Waals surface area contributed by atoms with Crippen LogP contribution in [0.3, 0.4) is 0 Å². The molecule has 0 spiro atoms. The van der Waals surface area contributed by atoms with Gasteiger partial charge in [-0.3, -0.25) is 4.79 Å². The van der Waals surface area contributed by atoms with Crippen molar-refractivity contribution < 1.29 is 56.9 Å². The van der Waals surface area contributed by atoms with Crippen molar-refractivity contribution in [2.24, 2.45) is 0 Å². The van der Waals surface area contributed by atoms with Crippen LogP contribution in [0.5, 0.6) is 0 Å². The first-order valence-electron chi connectivity index (χ1n) is 23.5. The van der Waals surface area contributed by atoms with E-state index in [1.54, 1.807) is 7.11 Å². The zero-order valence-electron chi connectivity index (χ0n) is 39.1. The summed E-state index contributed by atoms with van der Waals surface area (Å²) in [6, 6.07) is 59.2. The van der Waals surface area contributed by atoms with Gasteiger partial charge in [-0.1, -0.05) is 182 Å². The number of methoxy groups -OCH3 is 1. The van der Waals surface area contributed by atoms with Gasteiger partial charge < -0.3 is 52.1 Å². The molecule has 0 aromatic heterocycles. The van der Waals surface area contributed by atoms with Crippen molar-refractivity contribution in [2.75, 3.05) is 20.3 Å². The van der Waals surface area contributed by atoms with Crippen molar-refractivity contribution in [2.45, 2.75) is 108 Å². The molecule has 8 rings (SSSR count). The van der Waals surface area contributed by atoms with Crippen LogP contribution in [-0.2, 0) is 96.5 Å². The van der Waals surface area contributed by atoms with E-state index in [0.717, 1.165) is 33.4 Å². The minimum Gasteiger partial charge on any atom is -0.454 e. The van der Waals surface area contributed by atoms with Crippen LogP contribution in [0.25, 0.3) is 0 Å². The van der Waals surface area contributed by atoms with Gasteiger partial charge in [-0.25, -0.2) is 0 Å². The molecule has 2 saturated heterocycles. The number of carbonyl (C=O) groups is 1. The molecule has 362 valence electrons. The van der Waals surface area contributed by atoms with E-state index in [-0.39, 0.29) is 39.6 Å². The van der Waals surface area contributed by atoms with E-state index in [1.165, 1.54) is 6.92 Å². The second-order valence-corrected chi connectivity index (χ2v) is 17.0. The summed E-state index contributed by atoms with van der Waals surface area (Å²) < 4.78 is 73.4. The van der Waals surface area contributed by atoms with Gasteiger partial charge >= 0.3 is 5.97 Å². The average Bonchev–Trinajstić information content (AvgIpc) is 3.39. The zero-order valence-corrected chi connectivity index (χ0v) is 39.1. The highest BCUT2D eigenvalue weighted by molar-refractivity contribution is 5.66. The summed E-state index contributed by atoms with van der Waals surface area (Å²) in [4.78, 5) is 13.3. The number of carbonyl (C=O) groups excluding carboxylic acids is 1. The van der Waals surface area contributed by atoms with Crippen LogP contribution in [0, 0.1) is 0 Å². The lowest BCUT2D eigenvalue weighted by molar-refractivity contribution is -0.377. The van der Waals surface area contributed by atoms with E-state index >= 15 is 0 Å². The van der Waals surface area contributed by atoms with Crippen molar-refractivity contribution in [3.63, 3.8) is 0 Å². The maximum Gasteiger partial charge on any atom is 0.303 e. The first kappa shape index (κ1) is 49.8.